The Hall–Kier alpha value is -1.06. The fourth-order valence-electron chi connectivity index (χ4n) is 1.89. The van der Waals surface area contributed by atoms with Crippen LogP contribution in [0.4, 0.5) is 0 Å². The number of phenols is 1. The first-order chi connectivity index (χ1) is 7.65. The zero-order valence-corrected chi connectivity index (χ0v) is 11.0. The van der Waals surface area contributed by atoms with Gasteiger partial charge in [0, 0.05) is 24.6 Å². The minimum absolute atomic E-state index is 0.373. The first-order valence-electron chi connectivity index (χ1n) is 4.96. The van der Waals surface area contributed by atoms with Gasteiger partial charge in [-0.3, -0.25) is 0 Å². The standard InChI is InChI=1S/C13H9BrOS/c1-7-4-10-9-3-2-8(14)5-12(9)16-13(10)6-11(7)15/h2-6,15H,1H3. The van der Waals surface area contributed by atoms with Crippen LogP contribution in [0.2, 0.25) is 0 Å². The van der Waals surface area contributed by atoms with Gasteiger partial charge >= 0.3 is 0 Å². The predicted molar refractivity (Wildman–Crippen MR) is 73.4 cm³/mol. The summed E-state index contributed by atoms with van der Waals surface area (Å²) in [7, 11) is 0. The van der Waals surface area contributed by atoms with Crippen molar-refractivity contribution < 1.29 is 5.11 Å². The van der Waals surface area contributed by atoms with Crippen LogP contribution in [0.25, 0.3) is 20.2 Å². The van der Waals surface area contributed by atoms with Crippen LogP contribution in [-0.4, -0.2) is 5.11 Å². The van der Waals surface area contributed by atoms with E-state index in [1.807, 2.05) is 13.0 Å². The normalized spacial score (nSPS) is 11.4. The van der Waals surface area contributed by atoms with Gasteiger partial charge in [0.15, 0.2) is 0 Å². The Morgan fingerprint density at radius 2 is 1.81 bits per heavy atom. The number of rotatable bonds is 0. The van der Waals surface area contributed by atoms with Gasteiger partial charge in [0.1, 0.15) is 5.75 Å². The van der Waals surface area contributed by atoms with Crippen LogP contribution in [-0.2, 0) is 0 Å². The molecule has 0 bridgehead atoms. The molecule has 0 fully saturated rings. The lowest BCUT2D eigenvalue weighted by Crippen LogP contribution is -1.73. The molecule has 3 rings (SSSR count). The molecule has 0 radical (unpaired) electrons. The number of thiophene rings is 1. The molecular weight excluding hydrogens is 284 g/mol. The van der Waals surface area contributed by atoms with Crippen LogP contribution in [0.1, 0.15) is 5.56 Å². The summed E-state index contributed by atoms with van der Waals surface area (Å²) < 4.78 is 3.47. The van der Waals surface area contributed by atoms with Crippen molar-refractivity contribution in [3.8, 4) is 5.75 Å². The molecule has 80 valence electrons. The number of fused-ring (bicyclic) bond motifs is 3. The van der Waals surface area contributed by atoms with Crippen molar-refractivity contribution in [3.63, 3.8) is 0 Å². The second kappa shape index (κ2) is 3.47. The van der Waals surface area contributed by atoms with Crippen molar-refractivity contribution in [3.05, 3.63) is 40.4 Å². The smallest absolute Gasteiger partial charge is 0.119 e. The molecule has 1 N–H and O–H groups in total. The largest absolute Gasteiger partial charge is 0.508 e. The van der Waals surface area contributed by atoms with Crippen LogP contribution in [0, 0.1) is 6.92 Å². The molecular formula is C13H9BrOS. The quantitative estimate of drug-likeness (QED) is 0.629. The molecule has 3 aromatic rings. The van der Waals surface area contributed by atoms with E-state index in [1.165, 1.54) is 15.5 Å². The average molecular weight is 293 g/mol. The molecule has 0 aliphatic carbocycles. The lowest BCUT2D eigenvalue weighted by atomic mass is 10.1. The summed E-state index contributed by atoms with van der Waals surface area (Å²) in [6.45, 7) is 1.93. The Morgan fingerprint density at radius 1 is 1.06 bits per heavy atom. The third-order valence-electron chi connectivity index (χ3n) is 2.75. The van der Waals surface area contributed by atoms with Crippen LogP contribution in [0.15, 0.2) is 34.8 Å². The molecule has 0 atom stereocenters. The number of phenolic OH excluding ortho intramolecular Hbond substituents is 1. The zero-order chi connectivity index (χ0) is 11.3. The lowest BCUT2D eigenvalue weighted by Gasteiger charge is -1.98. The van der Waals surface area contributed by atoms with Gasteiger partial charge in [0.25, 0.3) is 0 Å². The van der Waals surface area contributed by atoms with E-state index in [0.29, 0.717) is 5.75 Å². The van der Waals surface area contributed by atoms with E-state index in [4.69, 9.17) is 0 Å². The highest BCUT2D eigenvalue weighted by molar-refractivity contribution is 9.10. The van der Waals surface area contributed by atoms with Crippen LogP contribution in [0.5, 0.6) is 5.75 Å². The summed E-state index contributed by atoms with van der Waals surface area (Å²) in [4.78, 5) is 0. The van der Waals surface area contributed by atoms with Gasteiger partial charge in [0.2, 0.25) is 0 Å². The highest BCUT2D eigenvalue weighted by Crippen LogP contribution is 2.38. The van der Waals surface area contributed by atoms with E-state index < -0.39 is 0 Å². The second-order valence-corrected chi connectivity index (χ2v) is 5.88. The van der Waals surface area contributed by atoms with Crippen LogP contribution < -0.4 is 0 Å². The predicted octanol–water partition coefficient (Wildman–Crippen LogP) is 4.83. The van der Waals surface area contributed by atoms with Crippen molar-refractivity contribution in [2.75, 3.05) is 0 Å². The maximum Gasteiger partial charge on any atom is 0.119 e. The number of benzene rings is 2. The van der Waals surface area contributed by atoms with E-state index in [9.17, 15) is 5.11 Å². The third kappa shape index (κ3) is 1.43. The van der Waals surface area contributed by atoms with Gasteiger partial charge < -0.3 is 5.11 Å². The third-order valence-corrected chi connectivity index (χ3v) is 4.36. The second-order valence-electron chi connectivity index (χ2n) is 3.88. The minimum atomic E-state index is 0.373. The van der Waals surface area contributed by atoms with Gasteiger partial charge in [-0.25, -0.2) is 0 Å². The maximum absolute atomic E-state index is 9.69. The molecule has 1 aromatic heterocycles. The van der Waals surface area contributed by atoms with Gasteiger partial charge in [0.05, 0.1) is 0 Å². The first kappa shape index (κ1) is 10.1. The Kier molecular flexibility index (Phi) is 2.19. The monoisotopic (exact) mass is 292 g/mol. The average Bonchev–Trinajstić information content (AvgIpc) is 2.55. The minimum Gasteiger partial charge on any atom is -0.508 e. The highest BCUT2D eigenvalue weighted by Gasteiger charge is 2.07. The van der Waals surface area contributed by atoms with Crippen molar-refractivity contribution in [2.45, 2.75) is 6.92 Å². The zero-order valence-electron chi connectivity index (χ0n) is 8.62. The van der Waals surface area contributed by atoms with Crippen molar-refractivity contribution in [2.24, 2.45) is 0 Å². The molecule has 3 heteroatoms. The van der Waals surface area contributed by atoms with E-state index >= 15 is 0 Å². The fourth-order valence-corrected chi connectivity index (χ4v) is 3.57. The Bertz CT molecular complexity index is 700. The van der Waals surface area contributed by atoms with Crippen molar-refractivity contribution in [1.82, 2.24) is 0 Å². The molecule has 0 aliphatic rings. The topological polar surface area (TPSA) is 20.2 Å². The van der Waals surface area contributed by atoms with Gasteiger partial charge in [-0.15, -0.1) is 11.3 Å². The maximum atomic E-state index is 9.69. The molecule has 1 nitrogen and oxygen atoms in total. The molecule has 0 unspecified atom stereocenters. The van der Waals surface area contributed by atoms with E-state index in [0.717, 1.165) is 14.7 Å². The number of aryl methyl sites for hydroxylation is 1. The summed E-state index contributed by atoms with van der Waals surface area (Å²) in [5, 5.41) is 12.2. The molecule has 0 spiro atoms. The SMILES string of the molecule is Cc1cc2c(cc1O)sc1cc(Br)ccc12. The van der Waals surface area contributed by atoms with Gasteiger partial charge in [-0.2, -0.15) is 0 Å². The van der Waals surface area contributed by atoms with E-state index in [1.54, 1.807) is 11.3 Å². The Balaban J connectivity index is 2.51. The van der Waals surface area contributed by atoms with Crippen LogP contribution in [0.3, 0.4) is 0 Å². The molecule has 0 amide bonds. The summed E-state index contributed by atoms with van der Waals surface area (Å²) in [6.07, 6.45) is 0. The highest BCUT2D eigenvalue weighted by atomic mass is 79.9. The molecule has 2 aromatic carbocycles. The number of hydrogen-bond acceptors (Lipinski definition) is 2. The van der Waals surface area contributed by atoms with E-state index in [-0.39, 0.29) is 0 Å². The Labute approximate surface area is 105 Å². The summed E-state index contributed by atoms with van der Waals surface area (Å²) in [5.41, 5.74) is 0.926. The van der Waals surface area contributed by atoms with Gasteiger partial charge in [-0.1, -0.05) is 22.0 Å². The molecule has 1 heterocycles. The summed E-state index contributed by atoms with van der Waals surface area (Å²) >= 11 is 5.18. The first-order valence-corrected chi connectivity index (χ1v) is 6.57. The molecule has 16 heavy (non-hydrogen) atoms. The molecule has 0 saturated carbocycles. The number of hydrogen-bond donors (Lipinski definition) is 1. The van der Waals surface area contributed by atoms with Crippen molar-refractivity contribution >= 4 is 47.4 Å². The number of halogens is 1. The van der Waals surface area contributed by atoms with Crippen molar-refractivity contribution in [1.29, 1.82) is 0 Å². The summed E-state index contributed by atoms with van der Waals surface area (Å²) in [5.74, 6) is 0.373. The number of aromatic hydroxyl groups is 1. The Morgan fingerprint density at radius 3 is 2.62 bits per heavy atom. The molecule has 0 aliphatic heterocycles. The molecule has 0 saturated heterocycles. The lowest BCUT2D eigenvalue weighted by molar-refractivity contribution is 0.472. The van der Waals surface area contributed by atoms with E-state index in [2.05, 4.69) is 40.2 Å². The fraction of sp³-hybridized carbons (Fsp3) is 0.0769. The van der Waals surface area contributed by atoms with Gasteiger partial charge in [-0.05, 0) is 36.8 Å². The van der Waals surface area contributed by atoms with Crippen LogP contribution >= 0.6 is 27.3 Å². The summed E-state index contributed by atoms with van der Waals surface area (Å²) in [6, 6.07) is 10.2.